The van der Waals surface area contributed by atoms with Crippen molar-refractivity contribution in [3.63, 3.8) is 0 Å². The van der Waals surface area contributed by atoms with Gasteiger partial charge in [0.2, 0.25) is 0 Å². The van der Waals surface area contributed by atoms with Crippen molar-refractivity contribution in [1.82, 2.24) is 5.32 Å². The maximum atomic E-state index is 11.5. The number of hydrogen-bond donors (Lipinski definition) is 1. The van der Waals surface area contributed by atoms with Crippen LogP contribution in [0.1, 0.15) is 32.4 Å². The number of nitrogens with one attached hydrogen (secondary N) is 1. The van der Waals surface area contributed by atoms with Crippen LogP contribution in [0.25, 0.3) is 0 Å². The van der Waals surface area contributed by atoms with E-state index >= 15 is 0 Å². The molecule has 2 atom stereocenters. The second-order valence-corrected chi connectivity index (χ2v) is 7.31. The fraction of sp³-hybridized carbons (Fsp3) is 0.538. The molecule has 0 aliphatic rings. The molecule has 0 saturated heterocycles. The van der Waals surface area contributed by atoms with Gasteiger partial charge in [0.25, 0.3) is 0 Å². The maximum Gasteiger partial charge on any atom is 0.151 e. The zero-order chi connectivity index (χ0) is 13.8. The van der Waals surface area contributed by atoms with Gasteiger partial charge in [-0.1, -0.05) is 36.7 Å². The highest BCUT2D eigenvalue weighted by molar-refractivity contribution is 7.91. The molecule has 3 nitrogen and oxygen atoms in total. The Morgan fingerprint density at radius 2 is 1.89 bits per heavy atom. The Morgan fingerprint density at radius 3 is 2.44 bits per heavy atom. The molecule has 1 rings (SSSR count). The third kappa shape index (κ3) is 4.59. The topological polar surface area (TPSA) is 46.2 Å². The lowest BCUT2D eigenvalue weighted by Crippen LogP contribution is -2.35. The number of sulfone groups is 1. The lowest BCUT2D eigenvalue weighted by atomic mass is 10.1. The molecule has 0 spiro atoms. The third-order valence-corrected chi connectivity index (χ3v) is 5.08. The summed E-state index contributed by atoms with van der Waals surface area (Å²) in [5, 5.41) is 3.96. The number of halogens is 1. The first-order chi connectivity index (χ1) is 8.35. The largest absolute Gasteiger partial charge is 0.307 e. The van der Waals surface area contributed by atoms with Gasteiger partial charge in [0.05, 0.1) is 5.75 Å². The molecule has 0 heterocycles. The van der Waals surface area contributed by atoms with Gasteiger partial charge < -0.3 is 5.32 Å². The van der Waals surface area contributed by atoms with E-state index in [2.05, 4.69) is 5.32 Å². The van der Waals surface area contributed by atoms with Crippen LogP contribution in [0.3, 0.4) is 0 Å². The van der Waals surface area contributed by atoms with Gasteiger partial charge in [0.1, 0.15) is 0 Å². The van der Waals surface area contributed by atoms with Crippen LogP contribution in [-0.4, -0.2) is 26.0 Å². The molecule has 1 aromatic rings. The van der Waals surface area contributed by atoms with Gasteiger partial charge in [0, 0.05) is 22.9 Å². The Balaban J connectivity index is 2.66. The average Bonchev–Trinajstić information content (AvgIpc) is 2.28. The van der Waals surface area contributed by atoms with Crippen LogP contribution in [0.5, 0.6) is 0 Å². The average molecular weight is 290 g/mol. The van der Waals surface area contributed by atoms with E-state index < -0.39 is 9.84 Å². The van der Waals surface area contributed by atoms with Gasteiger partial charge in [-0.2, -0.15) is 0 Å². The molecule has 0 aromatic heterocycles. The van der Waals surface area contributed by atoms with Crippen LogP contribution in [0.4, 0.5) is 0 Å². The predicted octanol–water partition coefficient (Wildman–Crippen LogP) is 2.81. The molecule has 0 bridgehead atoms. The maximum absolute atomic E-state index is 11.5. The fourth-order valence-corrected chi connectivity index (χ4v) is 3.28. The summed E-state index contributed by atoms with van der Waals surface area (Å²) in [4.78, 5) is 0. The second-order valence-electron chi connectivity index (χ2n) is 4.51. The Morgan fingerprint density at radius 1 is 1.28 bits per heavy atom. The summed E-state index contributed by atoms with van der Waals surface area (Å²) in [5.74, 6) is 0.331. The minimum absolute atomic E-state index is 0.0285. The SMILES string of the molecule is CCS(=O)(=O)CC(C)NC(C)c1ccccc1Cl. The number of hydrogen-bond acceptors (Lipinski definition) is 3. The monoisotopic (exact) mass is 289 g/mol. The molecule has 1 aromatic carbocycles. The van der Waals surface area contributed by atoms with E-state index in [1.807, 2.05) is 38.1 Å². The van der Waals surface area contributed by atoms with Crippen LogP contribution in [0.2, 0.25) is 5.02 Å². The summed E-state index contributed by atoms with van der Waals surface area (Å²) >= 11 is 6.10. The van der Waals surface area contributed by atoms with Crippen molar-refractivity contribution in [1.29, 1.82) is 0 Å². The van der Waals surface area contributed by atoms with Gasteiger partial charge in [-0.05, 0) is 25.5 Å². The molecule has 0 saturated carbocycles. The van der Waals surface area contributed by atoms with Gasteiger partial charge in [0.15, 0.2) is 9.84 Å². The lowest BCUT2D eigenvalue weighted by Gasteiger charge is -2.21. The Hall–Kier alpha value is -0.580. The first kappa shape index (κ1) is 15.5. The van der Waals surface area contributed by atoms with Crippen LogP contribution in [0.15, 0.2) is 24.3 Å². The summed E-state index contributed by atoms with van der Waals surface area (Å²) in [6, 6.07) is 7.52. The molecular formula is C13H20ClNO2S. The highest BCUT2D eigenvalue weighted by Crippen LogP contribution is 2.22. The Kier molecular flexibility index (Phi) is 5.63. The third-order valence-electron chi connectivity index (χ3n) is 2.85. The van der Waals surface area contributed by atoms with Crippen molar-refractivity contribution in [3.05, 3.63) is 34.9 Å². The van der Waals surface area contributed by atoms with Crippen molar-refractivity contribution in [2.24, 2.45) is 0 Å². The van der Waals surface area contributed by atoms with Crippen molar-refractivity contribution >= 4 is 21.4 Å². The molecular weight excluding hydrogens is 270 g/mol. The van der Waals surface area contributed by atoms with Gasteiger partial charge in [-0.3, -0.25) is 0 Å². The molecule has 2 unspecified atom stereocenters. The molecule has 0 fully saturated rings. The molecule has 0 radical (unpaired) electrons. The standard InChI is InChI=1S/C13H20ClNO2S/c1-4-18(16,17)9-10(2)15-11(3)12-7-5-6-8-13(12)14/h5-8,10-11,15H,4,9H2,1-3H3. The first-order valence-electron chi connectivity index (χ1n) is 6.06. The number of rotatable bonds is 6. The fourth-order valence-electron chi connectivity index (χ4n) is 1.89. The zero-order valence-corrected chi connectivity index (χ0v) is 12.6. The summed E-state index contributed by atoms with van der Waals surface area (Å²) in [5.41, 5.74) is 0.986. The quantitative estimate of drug-likeness (QED) is 0.876. The van der Waals surface area contributed by atoms with Gasteiger partial charge >= 0.3 is 0 Å². The van der Waals surface area contributed by atoms with E-state index in [0.717, 1.165) is 5.56 Å². The van der Waals surface area contributed by atoms with Crippen molar-refractivity contribution in [2.45, 2.75) is 32.9 Å². The van der Waals surface area contributed by atoms with E-state index in [9.17, 15) is 8.42 Å². The Bertz CT molecular complexity index is 488. The molecule has 1 N–H and O–H groups in total. The summed E-state index contributed by atoms with van der Waals surface area (Å²) in [6.07, 6.45) is 0. The lowest BCUT2D eigenvalue weighted by molar-refractivity contribution is 0.500. The molecule has 0 aliphatic carbocycles. The highest BCUT2D eigenvalue weighted by atomic mass is 35.5. The molecule has 5 heteroatoms. The van der Waals surface area contributed by atoms with E-state index in [1.165, 1.54) is 0 Å². The van der Waals surface area contributed by atoms with E-state index in [4.69, 9.17) is 11.6 Å². The van der Waals surface area contributed by atoms with E-state index in [1.54, 1.807) is 6.92 Å². The summed E-state index contributed by atoms with van der Waals surface area (Å²) < 4.78 is 23.1. The van der Waals surface area contributed by atoms with Crippen molar-refractivity contribution in [2.75, 3.05) is 11.5 Å². The molecule has 18 heavy (non-hydrogen) atoms. The van der Waals surface area contributed by atoms with Crippen LogP contribution < -0.4 is 5.32 Å². The summed E-state index contributed by atoms with van der Waals surface area (Å²) in [7, 11) is -2.95. The van der Waals surface area contributed by atoms with Gasteiger partial charge in [-0.25, -0.2) is 8.42 Å². The number of benzene rings is 1. The minimum Gasteiger partial charge on any atom is -0.307 e. The van der Waals surface area contributed by atoms with Crippen molar-refractivity contribution in [3.8, 4) is 0 Å². The molecule has 0 amide bonds. The van der Waals surface area contributed by atoms with E-state index in [-0.39, 0.29) is 23.6 Å². The zero-order valence-electron chi connectivity index (χ0n) is 11.0. The first-order valence-corrected chi connectivity index (χ1v) is 8.26. The highest BCUT2D eigenvalue weighted by Gasteiger charge is 2.17. The second kappa shape index (κ2) is 6.55. The minimum atomic E-state index is -2.95. The van der Waals surface area contributed by atoms with Crippen molar-refractivity contribution < 1.29 is 8.42 Å². The predicted molar refractivity (Wildman–Crippen MR) is 76.8 cm³/mol. The normalized spacial score (nSPS) is 15.3. The molecule has 102 valence electrons. The van der Waals surface area contributed by atoms with Gasteiger partial charge in [-0.15, -0.1) is 0 Å². The van der Waals surface area contributed by atoms with E-state index in [0.29, 0.717) is 5.02 Å². The van der Waals surface area contributed by atoms with Crippen LogP contribution >= 0.6 is 11.6 Å². The van der Waals surface area contributed by atoms with Crippen LogP contribution in [-0.2, 0) is 9.84 Å². The Labute approximate surface area is 114 Å². The smallest absolute Gasteiger partial charge is 0.151 e. The van der Waals surface area contributed by atoms with Crippen LogP contribution in [0, 0.1) is 0 Å². The molecule has 0 aliphatic heterocycles. The summed E-state index contributed by atoms with van der Waals surface area (Å²) in [6.45, 7) is 5.52.